The van der Waals surface area contributed by atoms with Crippen LogP contribution in [0.15, 0.2) is 30.3 Å². The molecule has 4 aromatic rings. The number of hydrogen-bond donors (Lipinski definition) is 2. The van der Waals surface area contributed by atoms with E-state index >= 15 is 0 Å². The second-order valence-electron chi connectivity index (χ2n) is 7.68. The van der Waals surface area contributed by atoms with Gasteiger partial charge in [-0.25, -0.2) is 4.39 Å². The molecular formula is C22H23ClFN5. The van der Waals surface area contributed by atoms with Gasteiger partial charge in [0.25, 0.3) is 0 Å². The summed E-state index contributed by atoms with van der Waals surface area (Å²) in [5.74, 6) is 0.0897. The van der Waals surface area contributed by atoms with E-state index in [4.69, 9.17) is 0 Å². The number of rotatable bonds is 2. The molecule has 150 valence electrons. The molecule has 0 amide bonds. The summed E-state index contributed by atoms with van der Waals surface area (Å²) in [4.78, 5) is 7.88. The summed E-state index contributed by atoms with van der Waals surface area (Å²) in [6.07, 6.45) is 2.03. The third kappa shape index (κ3) is 3.58. The molecule has 1 aliphatic heterocycles. The van der Waals surface area contributed by atoms with Crippen LogP contribution in [0.2, 0.25) is 0 Å². The van der Waals surface area contributed by atoms with Crippen LogP contribution in [0.1, 0.15) is 35.8 Å². The van der Waals surface area contributed by atoms with Gasteiger partial charge in [-0.1, -0.05) is 0 Å². The second-order valence-corrected chi connectivity index (χ2v) is 7.68. The Kier molecular flexibility index (Phi) is 5.23. The first-order chi connectivity index (χ1) is 13.6. The van der Waals surface area contributed by atoms with Gasteiger partial charge in [0.15, 0.2) is 0 Å². The highest BCUT2D eigenvalue weighted by Crippen LogP contribution is 2.31. The molecule has 0 saturated carbocycles. The molecule has 1 aromatic carbocycles. The zero-order valence-corrected chi connectivity index (χ0v) is 17.2. The van der Waals surface area contributed by atoms with E-state index in [1.807, 2.05) is 38.1 Å². The van der Waals surface area contributed by atoms with Crippen LogP contribution in [0.4, 0.5) is 4.39 Å². The van der Waals surface area contributed by atoms with Gasteiger partial charge < -0.3 is 10.3 Å². The van der Waals surface area contributed by atoms with Crippen molar-refractivity contribution in [3.8, 4) is 11.3 Å². The lowest BCUT2D eigenvalue weighted by Gasteiger charge is -2.21. The predicted molar refractivity (Wildman–Crippen MR) is 116 cm³/mol. The Labute approximate surface area is 174 Å². The topological polar surface area (TPSA) is 66.5 Å². The monoisotopic (exact) mass is 411 g/mol. The number of hydrogen-bond acceptors (Lipinski definition) is 4. The summed E-state index contributed by atoms with van der Waals surface area (Å²) in [5, 5.41) is 13.7. The fraction of sp³-hybridized carbons (Fsp3) is 0.318. The van der Waals surface area contributed by atoms with Crippen LogP contribution >= 0.6 is 12.4 Å². The molecule has 0 bridgehead atoms. The van der Waals surface area contributed by atoms with Gasteiger partial charge in [0.1, 0.15) is 5.82 Å². The molecule has 0 radical (unpaired) electrons. The van der Waals surface area contributed by atoms with Crippen molar-refractivity contribution < 1.29 is 4.39 Å². The molecule has 1 aliphatic rings. The summed E-state index contributed by atoms with van der Waals surface area (Å²) in [6.45, 7) is 5.90. The minimum Gasteiger partial charge on any atom is -0.353 e. The van der Waals surface area contributed by atoms with Gasteiger partial charge in [0.05, 0.1) is 22.4 Å². The van der Waals surface area contributed by atoms with Crippen molar-refractivity contribution in [3.05, 3.63) is 53.2 Å². The van der Waals surface area contributed by atoms with Crippen LogP contribution in [0, 0.1) is 19.7 Å². The molecule has 0 spiro atoms. The van der Waals surface area contributed by atoms with Gasteiger partial charge >= 0.3 is 0 Å². The number of pyridine rings is 1. The van der Waals surface area contributed by atoms with E-state index in [2.05, 4.69) is 25.5 Å². The van der Waals surface area contributed by atoms with E-state index in [1.54, 1.807) is 6.07 Å². The SMILES string of the molecule is Cc1cc2cc(-c3cc(F)c4cc(C5CCNCC5)nnc4c3)[nH]c2c(C)n1.Cl. The summed E-state index contributed by atoms with van der Waals surface area (Å²) in [5.41, 5.74) is 5.98. The van der Waals surface area contributed by atoms with Crippen molar-refractivity contribution >= 4 is 34.2 Å². The van der Waals surface area contributed by atoms with E-state index in [1.165, 1.54) is 0 Å². The number of H-pyrrole nitrogens is 1. The molecule has 0 aliphatic carbocycles. The molecule has 5 nitrogen and oxygen atoms in total. The molecule has 1 saturated heterocycles. The Hall–Kier alpha value is -2.57. The number of piperidine rings is 1. The average Bonchev–Trinajstić information content (AvgIpc) is 3.13. The Balaban J connectivity index is 0.00000205. The summed E-state index contributed by atoms with van der Waals surface area (Å²) in [6, 6.07) is 9.42. The number of nitrogens with zero attached hydrogens (tertiary/aromatic N) is 3. The quantitative estimate of drug-likeness (QED) is 0.496. The number of aromatic amines is 1. The van der Waals surface area contributed by atoms with Crippen molar-refractivity contribution in [2.24, 2.45) is 0 Å². The summed E-state index contributed by atoms with van der Waals surface area (Å²) in [7, 11) is 0. The standard InChI is InChI=1S/C22H22FN5.ClH/c1-12-7-16-10-19(26-22(16)13(2)25-12)15-8-18(23)17-11-20(27-28-21(17)9-15)14-3-5-24-6-4-14;/h7-11,14,24,26H,3-6H2,1-2H3;1H. The molecular weight excluding hydrogens is 389 g/mol. The fourth-order valence-corrected chi connectivity index (χ4v) is 4.21. The van der Waals surface area contributed by atoms with E-state index in [0.717, 1.165) is 65.2 Å². The Bertz CT molecular complexity index is 1200. The van der Waals surface area contributed by atoms with Crippen LogP contribution in [0.3, 0.4) is 0 Å². The number of aromatic nitrogens is 4. The zero-order valence-electron chi connectivity index (χ0n) is 16.4. The number of nitrogens with one attached hydrogen (secondary N) is 2. The lowest BCUT2D eigenvalue weighted by atomic mass is 9.93. The third-order valence-electron chi connectivity index (χ3n) is 5.66. The fourth-order valence-electron chi connectivity index (χ4n) is 4.21. The molecule has 3 aromatic heterocycles. The molecule has 5 rings (SSSR count). The van der Waals surface area contributed by atoms with Gasteiger partial charge in [-0.2, -0.15) is 10.2 Å². The van der Waals surface area contributed by atoms with Gasteiger partial charge in [0.2, 0.25) is 0 Å². The minimum absolute atomic E-state index is 0. The number of benzene rings is 1. The largest absolute Gasteiger partial charge is 0.353 e. The first-order valence-corrected chi connectivity index (χ1v) is 9.73. The molecule has 0 atom stereocenters. The average molecular weight is 412 g/mol. The zero-order chi connectivity index (χ0) is 19.3. The first kappa shape index (κ1) is 19.7. The summed E-state index contributed by atoms with van der Waals surface area (Å²) >= 11 is 0. The highest BCUT2D eigenvalue weighted by Gasteiger charge is 2.19. The van der Waals surface area contributed by atoms with Gasteiger partial charge in [-0.05, 0) is 70.1 Å². The highest BCUT2D eigenvalue weighted by molar-refractivity contribution is 5.90. The van der Waals surface area contributed by atoms with Gasteiger partial charge in [-0.15, -0.1) is 12.4 Å². The van der Waals surface area contributed by atoms with Crippen LogP contribution in [0.25, 0.3) is 33.1 Å². The minimum atomic E-state index is -0.262. The lowest BCUT2D eigenvalue weighted by Crippen LogP contribution is -2.27. The number of aryl methyl sites for hydroxylation is 2. The maximum absolute atomic E-state index is 15.0. The predicted octanol–water partition coefficient (Wildman–Crippen LogP) is 4.82. The molecule has 1 fully saturated rings. The van der Waals surface area contributed by atoms with Gasteiger partial charge in [-0.3, -0.25) is 4.98 Å². The van der Waals surface area contributed by atoms with E-state index < -0.39 is 0 Å². The number of halogens is 2. The van der Waals surface area contributed by atoms with E-state index in [9.17, 15) is 4.39 Å². The van der Waals surface area contributed by atoms with Crippen LogP contribution in [-0.2, 0) is 0 Å². The second kappa shape index (κ2) is 7.69. The third-order valence-corrected chi connectivity index (χ3v) is 5.66. The molecule has 2 N–H and O–H groups in total. The normalized spacial score (nSPS) is 15.0. The maximum Gasteiger partial charge on any atom is 0.133 e. The molecule has 29 heavy (non-hydrogen) atoms. The van der Waals surface area contributed by atoms with Crippen molar-refractivity contribution in [1.82, 2.24) is 25.5 Å². The summed E-state index contributed by atoms with van der Waals surface area (Å²) < 4.78 is 15.0. The van der Waals surface area contributed by atoms with Crippen LogP contribution < -0.4 is 5.32 Å². The number of fused-ring (bicyclic) bond motifs is 2. The highest BCUT2D eigenvalue weighted by atomic mass is 35.5. The van der Waals surface area contributed by atoms with Gasteiger partial charge in [0, 0.05) is 33.6 Å². The van der Waals surface area contributed by atoms with E-state index in [-0.39, 0.29) is 18.2 Å². The van der Waals surface area contributed by atoms with Crippen molar-refractivity contribution in [3.63, 3.8) is 0 Å². The first-order valence-electron chi connectivity index (χ1n) is 9.73. The van der Waals surface area contributed by atoms with Crippen molar-refractivity contribution in [2.75, 3.05) is 13.1 Å². The maximum atomic E-state index is 15.0. The van der Waals surface area contributed by atoms with Crippen LogP contribution in [-0.4, -0.2) is 33.3 Å². The molecule has 4 heterocycles. The molecule has 7 heteroatoms. The Morgan fingerprint density at radius 2 is 1.79 bits per heavy atom. The smallest absolute Gasteiger partial charge is 0.133 e. The van der Waals surface area contributed by atoms with Crippen molar-refractivity contribution in [1.29, 1.82) is 0 Å². The Morgan fingerprint density at radius 1 is 1.00 bits per heavy atom. The molecule has 0 unspecified atom stereocenters. The van der Waals surface area contributed by atoms with Crippen molar-refractivity contribution in [2.45, 2.75) is 32.6 Å². The lowest BCUT2D eigenvalue weighted by molar-refractivity contribution is 0.451. The van der Waals surface area contributed by atoms with Crippen LogP contribution in [0.5, 0.6) is 0 Å². The van der Waals surface area contributed by atoms with E-state index in [0.29, 0.717) is 16.8 Å². The Morgan fingerprint density at radius 3 is 2.59 bits per heavy atom.